The maximum atomic E-state index is 12.1. The summed E-state index contributed by atoms with van der Waals surface area (Å²) in [5.41, 5.74) is 0.143. The van der Waals surface area contributed by atoms with Crippen LogP contribution < -0.4 is 10.6 Å². The van der Waals surface area contributed by atoms with Crippen molar-refractivity contribution in [1.82, 2.24) is 10.6 Å². The molecule has 0 saturated carbocycles. The number of carbonyl (C=O) groups is 3. The van der Waals surface area contributed by atoms with Gasteiger partial charge in [0.05, 0.1) is 9.11 Å². The molecule has 6 nitrogen and oxygen atoms in total. The van der Waals surface area contributed by atoms with Crippen molar-refractivity contribution >= 4 is 17.8 Å². The first kappa shape index (κ1) is 8.73. The number of aliphatic carboxylic acids is 1. The van der Waals surface area contributed by atoms with Crippen LogP contribution in [0.1, 0.15) is 33.5 Å². The van der Waals surface area contributed by atoms with Crippen LogP contribution >= 0.6 is 0 Å². The van der Waals surface area contributed by atoms with Crippen LogP contribution in [-0.4, -0.2) is 28.9 Å². The number of hydrogen-bond donors (Lipinski definition) is 3. The van der Waals surface area contributed by atoms with E-state index in [1.165, 1.54) is 12.1 Å². The Balaban J connectivity index is 2.84. The largest absolute Gasteiger partial charge is 0.481 e. The molecule has 0 saturated heterocycles. The first-order valence-corrected chi connectivity index (χ1v) is 5.65. The van der Waals surface area contributed by atoms with Gasteiger partial charge in [0.25, 0.3) is 0 Å². The van der Waals surface area contributed by atoms with Gasteiger partial charge in [-0.1, -0.05) is 30.3 Å². The molecule has 0 fully saturated rings. The summed E-state index contributed by atoms with van der Waals surface area (Å²) in [6.07, 6.45) is -6.97. The van der Waals surface area contributed by atoms with Gasteiger partial charge >= 0.3 is 5.97 Å². The number of carbonyl (C=O) groups excluding carboxylic acids is 2. The molecule has 0 aliphatic rings. The average molecular weight is 284 g/mol. The zero-order valence-corrected chi connectivity index (χ0v) is 10.6. The third-order valence-electron chi connectivity index (χ3n) is 2.13. The monoisotopic (exact) mass is 284 g/mol. The molecule has 0 aliphatic carbocycles. The molecule has 1 aromatic rings. The number of benzene rings is 1. The summed E-state index contributed by atoms with van der Waals surface area (Å²) in [6.45, 7) is -1.15. The molecule has 20 heavy (non-hydrogen) atoms. The van der Waals surface area contributed by atoms with E-state index in [4.69, 9.17) is 13.3 Å². The molecule has 0 bridgehead atoms. The molecule has 2 amide bonds. The third-order valence-corrected chi connectivity index (χ3v) is 2.13. The molecule has 1 atom stereocenters. The Kier molecular flexibility index (Phi) is 3.46. The topological polar surface area (TPSA) is 95.5 Å². The van der Waals surface area contributed by atoms with E-state index >= 15 is 0 Å². The average Bonchev–Trinajstić information content (AvgIpc) is 2.54. The van der Waals surface area contributed by atoms with E-state index in [0.717, 1.165) is 6.92 Å². The molecule has 0 unspecified atom stereocenters. The van der Waals surface area contributed by atoms with E-state index in [-0.39, 0.29) is 5.56 Å². The fourth-order valence-electron chi connectivity index (χ4n) is 1.17. The zero-order chi connectivity index (χ0) is 20.3. The standard InChI is InChI=1S/C14H18N2O4/c1-10(16-12(17)7-8-13(18)19)14(20)15-9-11-5-3-2-4-6-11/h2-6,10H,7-9H2,1H3,(H,15,20)(H,16,17)(H,18,19)/t10-/m1/s1/i7D2,8D2,9D2. The van der Waals surface area contributed by atoms with Crippen LogP contribution in [0.3, 0.4) is 0 Å². The van der Waals surface area contributed by atoms with E-state index < -0.39 is 43.1 Å². The molecule has 0 aliphatic heterocycles. The first-order valence-electron chi connectivity index (χ1n) is 8.65. The van der Waals surface area contributed by atoms with Crippen LogP contribution in [0.25, 0.3) is 0 Å². The highest BCUT2D eigenvalue weighted by Crippen LogP contribution is 1.98. The molecule has 6 heteroatoms. The lowest BCUT2D eigenvalue weighted by atomic mass is 10.2. The Morgan fingerprint density at radius 3 is 2.50 bits per heavy atom. The van der Waals surface area contributed by atoms with Crippen molar-refractivity contribution in [2.45, 2.75) is 32.2 Å². The molecule has 0 heterocycles. The van der Waals surface area contributed by atoms with Gasteiger partial charge in [-0.2, -0.15) is 0 Å². The van der Waals surface area contributed by atoms with Crippen molar-refractivity contribution in [3.05, 3.63) is 35.9 Å². The number of rotatable bonds is 7. The summed E-state index contributed by atoms with van der Waals surface area (Å²) in [5, 5.41) is 12.6. The van der Waals surface area contributed by atoms with Gasteiger partial charge in [0.2, 0.25) is 11.8 Å². The van der Waals surface area contributed by atoms with Crippen molar-refractivity contribution < 1.29 is 27.7 Å². The number of nitrogens with one attached hydrogen (secondary N) is 2. The lowest BCUT2D eigenvalue weighted by molar-refractivity contribution is -0.139. The number of hydrogen-bond acceptors (Lipinski definition) is 3. The Bertz CT molecular complexity index is 696. The lowest BCUT2D eigenvalue weighted by Crippen LogP contribution is -2.44. The van der Waals surface area contributed by atoms with Crippen LogP contribution in [0.4, 0.5) is 0 Å². The SMILES string of the molecule is [2H]C([2H])(NC(=O)[C@@H](C)NC(=O)C([2H])([2H])C([2H])([2H])C(=O)O)c1ccccc1. The van der Waals surface area contributed by atoms with Crippen LogP contribution in [0.5, 0.6) is 0 Å². The fraction of sp³-hybridized carbons (Fsp3) is 0.357. The lowest BCUT2D eigenvalue weighted by Gasteiger charge is -2.13. The van der Waals surface area contributed by atoms with Gasteiger partial charge in [-0.15, -0.1) is 0 Å². The Morgan fingerprint density at radius 1 is 1.25 bits per heavy atom. The predicted molar refractivity (Wildman–Crippen MR) is 72.8 cm³/mol. The van der Waals surface area contributed by atoms with E-state index in [9.17, 15) is 14.4 Å². The number of carboxylic acid groups (broad SMARTS) is 1. The highest BCUT2D eigenvalue weighted by Gasteiger charge is 2.15. The van der Waals surface area contributed by atoms with Crippen LogP contribution in [0.15, 0.2) is 30.3 Å². The van der Waals surface area contributed by atoms with Crippen LogP contribution in [0.2, 0.25) is 0 Å². The highest BCUT2D eigenvalue weighted by atomic mass is 16.4. The normalized spacial score (nSPS) is 18.1. The van der Waals surface area contributed by atoms with Gasteiger partial charge in [-0.3, -0.25) is 14.4 Å². The maximum absolute atomic E-state index is 12.1. The second kappa shape index (κ2) is 7.93. The second-order valence-electron chi connectivity index (χ2n) is 3.73. The van der Waals surface area contributed by atoms with Gasteiger partial charge in [0.15, 0.2) is 0 Å². The molecule has 1 rings (SSSR count). The Labute approximate surface area is 125 Å². The smallest absolute Gasteiger partial charge is 0.303 e. The zero-order valence-electron chi connectivity index (χ0n) is 16.6. The molecular weight excluding hydrogens is 260 g/mol. The van der Waals surface area contributed by atoms with Crippen molar-refractivity contribution in [3.63, 3.8) is 0 Å². The van der Waals surface area contributed by atoms with Gasteiger partial charge < -0.3 is 15.7 Å². The van der Waals surface area contributed by atoms with E-state index in [1.807, 2.05) is 10.6 Å². The van der Waals surface area contributed by atoms with Gasteiger partial charge in [-0.05, 0) is 12.5 Å². The van der Waals surface area contributed by atoms with Crippen molar-refractivity contribution in [3.8, 4) is 0 Å². The third kappa shape index (κ3) is 5.99. The van der Waals surface area contributed by atoms with Crippen LogP contribution in [-0.2, 0) is 20.9 Å². The minimum absolute atomic E-state index is 0.143. The fourth-order valence-corrected chi connectivity index (χ4v) is 1.17. The summed E-state index contributed by atoms with van der Waals surface area (Å²) in [5.74, 6) is -4.82. The maximum Gasteiger partial charge on any atom is 0.303 e. The van der Waals surface area contributed by atoms with E-state index in [1.54, 1.807) is 18.2 Å². The summed E-state index contributed by atoms with van der Waals surface area (Å²) in [6, 6.07) is 6.21. The molecule has 108 valence electrons. The van der Waals surface area contributed by atoms with Gasteiger partial charge in [0, 0.05) is 18.4 Å². The molecule has 1 aromatic carbocycles. The quantitative estimate of drug-likeness (QED) is 0.686. The minimum atomic E-state index is -3.52. The Hall–Kier alpha value is -2.37. The van der Waals surface area contributed by atoms with Crippen molar-refractivity contribution in [2.24, 2.45) is 0 Å². The Morgan fingerprint density at radius 2 is 1.90 bits per heavy atom. The van der Waals surface area contributed by atoms with Crippen LogP contribution in [0, 0.1) is 0 Å². The van der Waals surface area contributed by atoms with Crippen molar-refractivity contribution in [1.29, 1.82) is 0 Å². The number of amides is 2. The minimum Gasteiger partial charge on any atom is -0.481 e. The van der Waals surface area contributed by atoms with Gasteiger partial charge in [-0.25, -0.2) is 0 Å². The summed E-state index contributed by atoms with van der Waals surface area (Å²) < 4.78 is 44.9. The highest BCUT2D eigenvalue weighted by molar-refractivity contribution is 5.88. The van der Waals surface area contributed by atoms with Crippen molar-refractivity contribution in [2.75, 3.05) is 0 Å². The first-order chi connectivity index (χ1) is 11.7. The molecule has 0 aromatic heterocycles. The summed E-state index contributed by atoms with van der Waals surface area (Å²) in [7, 11) is 0. The molecular formula is C14H18N2O4. The second-order valence-corrected chi connectivity index (χ2v) is 3.73. The van der Waals surface area contributed by atoms with Gasteiger partial charge in [0.1, 0.15) is 6.04 Å². The number of carboxylic acids is 1. The van der Waals surface area contributed by atoms with E-state index in [0.29, 0.717) is 0 Å². The molecule has 0 radical (unpaired) electrons. The summed E-state index contributed by atoms with van der Waals surface area (Å²) >= 11 is 0. The molecule has 0 spiro atoms. The van der Waals surface area contributed by atoms with E-state index in [2.05, 4.69) is 0 Å². The molecule has 3 N–H and O–H groups in total. The summed E-state index contributed by atoms with van der Waals surface area (Å²) in [4.78, 5) is 34.8. The predicted octanol–water partition coefficient (Wildman–Crippen LogP) is 0.672.